The van der Waals surface area contributed by atoms with Crippen molar-refractivity contribution in [1.82, 2.24) is 4.57 Å². The monoisotopic (exact) mass is 442 g/mol. The molecule has 158 valence electrons. The molecule has 0 spiro atoms. The van der Waals surface area contributed by atoms with Crippen molar-refractivity contribution in [2.75, 3.05) is 5.75 Å². The van der Waals surface area contributed by atoms with E-state index >= 15 is 0 Å². The van der Waals surface area contributed by atoms with E-state index in [2.05, 4.69) is 37.6 Å². The second-order valence-corrected chi connectivity index (χ2v) is 10.5. The van der Waals surface area contributed by atoms with Crippen LogP contribution in [-0.2, 0) is 21.2 Å². The molecule has 1 heterocycles. The van der Waals surface area contributed by atoms with Gasteiger partial charge in [-0.3, -0.25) is 4.79 Å². The Hall–Kier alpha value is -2.51. The van der Waals surface area contributed by atoms with Crippen molar-refractivity contribution < 1.29 is 13.2 Å². The van der Waals surface area contributed by atoms with Crippen LogP contribution in [0.4, 0.5) is 0 Å². The topological polar surface area (TPSA) is 68.5 Å². The van der Waals surface area contributed by atoms with E-state index in [1.165, 1.54) is 22.5 Å². The largest absolute Gasteiger partial charge is 0.312 e. The zero-order valence-electron chi connectivity index (χ0n) is 17.5. The number of sulfone groups is 1. The number of fused-ring (bicyclic) bond motifs is 1. The third-order valence-corrected chi connectivity index (χ3v) is 7.87. The summed E-state index contributed by atoms with van der Waals surface area (Å²) in [6, 6.07) is 11.0. The van der Waals surface area contributed by atoms with Gasteiger partial charge in [0.1, 0.15) is 0 Å². The highest BCUT2D eigenvalue weighted by atomic mass is 32.2. The van der Waals surface area contributed by atoms with Gasteiger partial charge in [-0.1, -0.05) is 35.1 Å². The summed E-state index contributed by atoms with van der Waals surface area (Å²) < 4.78 is 27.9. The van der Waals surface area contributed by atoms with Crippen LogP contribution in [0.2, 0.25) is 0 Å². The Bertz CT molecular complexity index is 1260. The molecular weight excluding hydrogens is 416 g/mol. The average Bonchev–Trinajstić information content (AvgIpc) is 2.99. The molecule has 0 aliphatic heterocycles. The number of hydrogen-bond acceptors (Lipinski definition) is 4. The minimum atomic E-state index is -3.40. The summed E-state index contributed by atoms with van der Waals surface area (Å²) in [4.78, 5) is 17.6. The predicted molar refractivity (Wildman–Crippen MR) is 123 cm³/mol. The first kappa shape index (κ1) is 22.2. The summed E-state index contributed by atoms with van der Waals surface area (Å²) in [6.07, 6.45) is 2.10. The number of allylic oxidation sites excluding steroid dienone is 1. The number of carbonyl (C=O) groups is 1. The lowest BCUT2D eigenvalue weighted by Gasteiger charge is -2.04. The summed E-state index contributed by atoms with van der Waals surface area (Å²) in [5, 5.41) is 0. The minimum Gasteiger partial charge on any atom is -0.312 e. The van der Waals surface area contributed by atoms with Gasteiger partial charge in [-0.05, 0) is 62.6 Å². The summed E-state index contributed by atoms with van der Waals surface area (Å²) in [5.41, 5.74) is 4.40. The molecule has 0 bridgehead atoms. The fourth-order valence-corrected chi connectivity index (χ4v) is 5.60. The number of benzene rings is 2. The van der Waals surface area contributed by atoms with Crippen molar-refractivity contribution in [2.24, 2.45) is 4.99 Å². The van der Waals surface area contributed by atoms with Crippen molar-refractivity contribution in [3.05, 3.63) is 70.5 Å². The van der Waals surface area contributed by atoms with Crippen LogP contribution in [0.3, 0.4) is 0 Å². The first-order valence-electron chi connectivity index (χ1n) is 9.80. The highest BCUT2D eigenvalue weighted by molar-refractivity contribution is 7.91. The summed E-state index contributed by atoms with van der Waals surface area (Å²) in [5.74, 6) is -0.388. The molecule has 0 unspecified atom stereocenters. The number of carbonyl (C=O) groups excluding carboxylic acids is 1. The number of rotatable bonds is 7. The van der Waals surface area contributed by atoms with Crippen molar-refractivity contribution in [3.63, 3.8) is 0 Å². The molecule has 0 saturated heterocycles. The van der Waals surface area contributed by atoms with E-state index in [4.69, 9.17) is 0 Å². The first-order valence-corrected chi connectivity index (χ1v) is 12.3. The van der Waals surface area contributed by atoms with Gasteiger partial charge >= 0.3 is 0 Å². The molecule has 0 fully saturated rings. The van der Waals surface area contributed by atoms with Crippen LogP contribution in [0, 0.1) is 20.8 Å². The van der Waals surface area contributed by atoms with Crippen molar-refractivity contribution in [1.29, 1.82) is 0 Å². The minimum absolute atomic E-state index is 0.0746. The van der Waals surface area contributed by atoms with Gasteiger partial charge in [0.25, 0.3) is 0 Å². The van der Waals surface area contributed by atoms with Gasteiger partial charge in [0.15, 0.2) is 14.6 Å². The number of nitrogens with zero attached hydrogens (tertiary/aromatic N) is 2. The van der Waals surface area contributed by atoms with E-state index in [-0.39, 0.29) is 29.4 Å². The standard InChI is InChI=1S/C23H26N2O3S2/c1-5-12-25-20-14-17(3)18(4)15-21(20)29-23(25)24-22(26)7-6-13-30(27,28)19-10-8-16(2)9-11-19/h5,8-11,14-15H,1,6-7,12-13H2,2-4H3. The van der Waals surface area contributed by atoms with Gasteiger partial charge in [-0.25, -0.2) is 8.42 Å². The maximum atomic E-state index is 12.5. The molecule has 0 radical (unpaired) electrons. The fourth-order valence-electron chi connectivity index (χ4n) is 3.15. The number of aromatic nitrogens is 1. The molecule has 5 nitrogen and oxygen atoms in total. The van der Waals surface area contributed by atoms with Crippen LogP contribution in [-0.4, -0.2) is 24.6 Å². The Kier molecular flexibility index (Phi) is 6.73. The Morgan fingerprint density at radius 2 is 1.80 bits per heavy atom. The predicted octanol–water partition coefficient (Wildman–Crippen LogP) is 4.50. The average molecular weight is 443 g/mol. The van der Waals surface area contributed by atoms with Gasteiger partial charge in [-0.2, -0.15) is 4.99 Å². The molecule has 0 N–H and O–H groups in total. The molecular formula is C23H26N2O3S2. The van der Waals surface area contributed by atoms with Crippen LogP contribution in [0.15, 0.2) is 58.9 Å². The Morgan fingerprint density at radius 1 is 1.13 bits per heavy atom. The fraction of sp³-hybridized carbons (Fsp3) is 0.304. The zero-order chi connectivity index (χ0) is 21.9. The number of amides is 1. The van der Waals surface area contributed by atoms with E-state index in [0.29, 0.717) is 11.3 Å². The first-order chi connectivity index (χ1) is 14.2. The van der Waals surface area contributed by atoms with Crippen LogP contribution in [0.1, 0.15) is 29.5 Å². The van der Waals surface area contributed by atoms with Crippen LogP contribution >= 0.6 is 11.3 Å². The van der Waals surface area contributed by atoms with Crippen LogP contribution in [0.5, 0.6) is 0 Å². The zero-order valence-corrected chi connectivity index (χ0v) is 19.1. The van der Waals surface area contributed by atoms with Crippen LogP contribution in [0.25, 0.3) is 10.2 Å². The molecule has 7 heteroatoms. The summed E-state index contributed by atoms with van der Waals surface area (Å²) in [7, 11) is -3.40. The molecule has 2 aromatic carbocycles. The summed E-state index contributed by atoms with van der Waals surface area (Å²) in [6.45, 7) is 10.4. The third-order valence-electron chi connectivity index (χ3n) is 5.01. The van der Waals surface area contributed by atoms with Gasteiger partial charge in [0, 0.05) is 13.0 Å². The molecule has 0 atom stereocenters. The quantitative estimate of drug-likeness (QED) is 0.506. The summed E-state index contributed by atoms with van der Waals surface area (Å²) >= 11 is 1.46. The number of aryl methyl sites for hydroxylation is 3. The molecule has 0 saturated carbocycles. The van der Waals surface area contributed by atoms with Gasteiger partial charge in [0.2, 0.25) is 5.91 Å². The lowest BCUT2D eigenvalue weighted by Crippen LogP contribution is -2.16. The van der Waals surface area contributed by atoms with Gasteiger partial charge < -0.3 is 4.57 Å². The highest BCUT2D eigenvalue weighted by Gasteiger charge is 2.15. The lowest BCUT2D eigenvalue weighted by atomic mass is 10.1. The van der Waals surface area contributed by atoms with Crippen molar-refractivity contribution in [2.45, 2.75) is 45.1 Å². The Balaban J connectivity index is 1.77. The Labute approximate surface area is 181 Å². The molecule has 0 aliphatic carbocycles. The molecule has 3 aromatic rings. The van der Waals surface area contributed by atoms with E-state index < -0.39 is 9.84 Å². The Morgan fingerprint density at radius 3 is 2.47 bits per heavy atom. The van der Waals surface area contributed by atoms with Crippen molar-refractivity contribution >= 4 is 37.3 Å². The molecule has 0 aliphatic rings. The number of thiazole rings is 1. The molecule has 30 heavy (non-hydrogen) atoms. The van der Waals surface area contributed by atoms with Crippen molar-refractivity contribution in [3.8, 4) is 0 Å². The SMILES string of the molecule is C=CCn1c(=NC(=O)CCCS(=O)(=O)c2ccc(C)cc2)sc2cc(C)c(C)cc21. The maximum absolute atomic E-state index is 12.5. The van der Waals surface area contributed by atoms with E-state index in [0.717, 1.165) is 15.8 Å². The van der Waals surface area contributed by atoms with Gasteiger partial charge in [-0.15, -0.1) is 6.58 Å². The third kappa shape index (κ3) is 4.96. The second-order valence-electron chi connectivity index (χ2n) is 7.43. The highest BCUT2D eigenvalue weighted by Crippen LogP contribution is 2.22. The maximum Gasteiger partial charge on any atom is 0.248 e. The van der Waals surface area contributed by atoms with E-state index in [1.807, 2.05) is 11.5 Å². The molecule has 3 rings (SSSR count). The van der Waals surface area contributed by atoms with E-state index in [9.17, 15) is 13.2 Å². The normalized spacial score (nSPS) is 12.4. The van der Waals surface area contributed by atoms with Crippen LogP contribution < -0.4 is 4.80 Å². The van der Waals surface area contributed by atoms with Gasteiger partial charge in [0.05, 0.1) is 20.9 Å². The molecule has 1 amide bonds. The van der Waals surface area contributed by atoms with E-state index in [1.54, 1.807) is 30.3 Å². The number of hydrogen-bond donors (Lipinski definition) is 0. The second kappa shape index (κ2) is 9.10. The molecule has 1 aromatic heterocycles. The smallest absolute Gasteiger partial charge is 0.248 e. The lowest BCUT2D eigenvalue weighted by molar-refractivity contribution is -0.118.